The summed E-state index contributed by atoms with van der Waals surface area (Å²) in [5.74, 6) is -0.0943. The summed E-state index contributed by atoms with van der Waals surface area (Å²) in [6, 6.07) is 4.59. The van der Waals surface area contributed by atoms with Gasteiger partial charge in [-0.3, -0.25) is 10.4 Å². The SMILES string of the molecule is N=C(N)CN=Cc1ccc(C(F)(F)F)cc1. The van der Waals surface area contributed by atoms with Crippen LogP contribution in [0.1, 0.15) is 11.1 Å². The van der Waals surface area contributed by atoms with E-state index in [9.17, 15) is 13.2 Å². The minimum absolute atomic E-state index is 0.0427. The van der Waals surface area contributed by atoms with Gasteiger partial charge in [0.2, 0.25) is 0 Å². The van der Waals surface area contributed by atoms with E-state index in [0.29, 0.717) is 5.56 Å². The van der Waals surface area contributed by atoms with E-state index >= 15 is 0 Å². The van der Waals surface area contributed by atoms with E-state index < -0.39 is 11.7 Å². The Morgan fingerprint density at radius 3 is 2.31 bits per heavy atom. The van der Waals surface area contributed by atoms with Gasteiger partial charge in [0.05, 0.1) is 12.1 Å². The molecule has 0 spiro atoms. The van der Waals surface area contributed by atoms with Crippen LogP contribution in [0.15, 0.2) is 29.3 Å². The molecule has 0 aliphatic rings. The van der Waals surface area contributed by atoms with Crippen LogP contribution in [0, 0.1) is 5.41 Å². The maximum atomic E-state index is 12.2. The molecule has 0 radical (unpaired) electrons. The Morgan fingerprint density at radius 2 is 1.88 bits per heavy atom. The highest BCUT2D eigenvalue weighted by molar-refractivity contribution is 5.84. The number of nitrogens with zero attached hydrogens (tertiary/aromatic N) is 1. The number of nitrogens with two attached hydrogens (primary N) is 1. The van der Waals surface area contributed by atoms with Crippen molar-refractivity contribution in [3.63, 3.8) is 0 Å². The number of hydrogen-bond donors (Lipinski definition) is 2. The predicted molar refractivity (Wildman–Crippen MR) is 55.8 cm³/mol. The Kier molecular flexibility index (Phi) is 3.65. The van der Waals surface area contributed by atoms with Gasteiger partial charge in [-0.15, -0.1) is 0 Å². The fraction of sp³-hybridized carbons (Fsp3) is 0.200. The van der Waals surface area contributed by atoms with Crippen LogP contribution < -0.4 is 5.73 Å². The van der Waals surface area contributed by atoms with Crippen molar-refractivity contribution in [1.29, 1.82) is 5.41 Å². The number of nitrogens with one attached hydrogen (secondary N) is 1. The highest BCUT2D eigenvalue weighted by atomic mass is 19.4. The molecule has 1 rings (SSSR count). The molecule has 3 N–H and O–H groups in total. The highest BCUT2D eigenvalue weighted by Gasteiger charge is 2.29. The van der Waals surface area contributed by atoms with Gasteiger partial charge in [-0.05, 0) is 17.7 Å². The Balaban J connectivity index is 2.72. The molecular formula is C10H10F3N3. The van der Waals surface area contributed by atoms with Gasteiger partial charge in [0.15, 0.2) is 0 Å². The average molecular weight is 229 g/mol. The second kappa shape index (κ2) is 4.78. The van der Waals surface area contributed by atoms with Crippen molar-refractivity contribution in [2.75, 3.05) is 6.54 Å². The van der Waals surface area contributed by atoms with Gasteiger partial charge in [-0.1, -0.05) is 12.1 Å². The first-order valence-corrected chi connectivity index (χ1v) is 4.39. The lowest BCUT2D eigenvalue weighted by Gasteiger charge is -2.05. The first-order chi connectivity index (χ1) is 7.39. The predicted octanol–water partition coefficient (Wildman–Crippen LogP) is 2.06. The molecular weight excluding hydrogens is 219 g/mol. The van der Waals surface area contributed by atoms with Gasteiger partial charge < -0.3 is 5.73 Å². The van der Waals surface area contributed by atoms with Crippen molar-refractivity contribution in [1.82, 2.24) is 0 Å². The number of benzene rings is 1. The second-order valence-corrected chi connectivity index (χ2v) is 3.11. The molecule has 86 valence electrons. The second-order valence-electron chi connectivity index (χ2n) is 3.11. The lowest BCUT2D eigenvalue weighted by Crippen LogP contribution is -2.13. The van der Waals surface area contributed by atoms with Gasteiger partial charge in [0.25, 0.3) is 0 Å². The monoisotopic (exact) mass is 229 g/mol. The molecule has 0 atom stereocenters. The molecule has 16 heavy (non-hydrogen) atoms. The van der Waals surface area contributed by atoms with E-state index in [1.165, 1.54) is 18.3 Å². The number of aliphatic imine (C=N–C) groups is 1. The summed E-state index contributed by atoms with van der Waals surface area (Å²) < 4.78 is 36.6. The van der Waals surface area contributed by atoms with Gasteiger partial charge in [-0.2, -0.15) is 13.2 Å². The van der Waals surface area contributed by atoms with E-state index in [2.05, 4.69) is 4.99 Å². The standard InChI is InChI=1S/C10H10F3N3/c11-10(12,13)8-3-1-7(2-4-8)5-16-6-9(14)15/h1-5H,6H2,(H3,14,15). The summed E-state index contributed by atoms with van der Waals surface area (Å²) in [5.41, 5.74) is 4.90. The molecule has 0 aliphatic carbocycles. The molecule has 1 aromatic rings. The Bertz CT molecular complexity index is 393. The number of rotatable bonds is 3. The van der Waals surface area contributed by atoms with Crippen molar-refractivity contribution in [3.05, 3.63) is 35.4 Å². The molecule has 0 saturated carbocycles. The topological polar surface area (TPSA) is 62.2 Å². The average Bonchev–Trinajstić information content (AvgIpc) is 2.16. The third-order valence-electron chi connectivity index (χ3n) is 1.74. The number of hydrogen-bond acceptors (Lipinski definition) is 2. The fourth-order valence-electron chi connectivity index (χ4n) is 1.01. The summed E-state index contributed by atoms with van der Waals surface area (Å²) in [4.78, 5) is 3.78. The molecule has 0 heterocycles. The van der Waals surface area contributed by atoms with Crippen LogP contribution in [-0.2, 0) is 6.18 Å². The molecule has 3 nitrogen and oxygen atoms in total. The maximum Gasteiger partial charge on any atom is 0.416 e. The van der Waals surface area contributed by atoms with Crippen LogP contribution in [0.25, 0.3) is 0 Å². The first kappa shape index (κ1) is 12.2. The van der Waals surface area contributed by atoms with E-state index in [0.717, 1.165) is 12.1 Å². The summed E-state index contributed by atoms with van der Waals surface area (Å²) in [5, 5.41) is 6.89. The molecule has 0 amide bonds. The molecule has 0 unspecified atom stereocenters. The van der Waals surface area contributed by atoms with Gasteiger partial charge >= 0.3 is 6.18 Å². The third-order valence-corrected chi connectivity index (χ3v) is 1.74. The van der Waals surface area contributed by atoms with Crippen LogP contribution in [-0.4, -0.2) is 18.6 Å². The number of amidine groups is 1. The van der Waals surface area contributed by atoms with Crippen molar-refractivity contribution in [2.24, 2.45) is 10.7 Å². The number of halogens is 3. The first-order valence-electron chi connectivity index (χ1n) is 4.39. The molecule has 6 heteroatoms. The maximum absolute atomic E-state index is 12.2. The highest BCUT2D eigenvalue weighted by Crippen LogP contribution is 2.28. The summed E-state index contributed by atoms with van der Waals surface area (Å²) in [6.45, 7) is 0.0427. The van der Waals surface area contributed by atoms with Gasteiger partial charge in [0.1, 0.15) is 5.84 Å². The van der Waals surface area contributed by atoms with Crippen LogP contribution in [0.3, 0.4) is 0 Å². The fourth-order valence-corrected chi connectivity index (χ4v) is 1.01. The third kappa shape index (κ3) is 3.72. The Morgan fingerprint density at radius 1 is 1.31 bits per heavy atom. The van der Waals surface area contributed by atoms with Crippen molar-refractivity contribution < 1.29 is 13.2 Å². The molecule has 0 saturated heterocycles. The van der Waals surface area contributed by atoms with Crippen molar-refractivity contribution in [2.45, 2.75) is 6.18 Å². The zero-order chi connectivity index (χ0) is 12.2. The Hall–Kier alpha value is -1.85. The van der Waals surface area contributed by atoms with E-state index in [-0.39, 0.29) is 12.4 Å². The van der Waals surface area contributed by atoms with Crippen LogP contribution in [0.2, 0.25) is 0 Å². The Labute approximate surface area is 90.3 Å². The summed E-state index contributed by atoms with van der Waals surface area (Å²) in [6.07, 6.45) is -2.95. The summed E-state index contributed by atoms with van der Waals surface area (Å²) >= 11 is 0. The quantitative estimate of drug-likeness (QED) is 0.604. The summed E-state index contributed by atoms with van der Waals surface area (Å²) in [7, 11) is 0. The normalized spacial score (nSPS) is 11.9. The zero-order valence-electron chi connectivity index (χ0n) is 8.25. The molecule has 0 fully saturated rings. The lowest BCUT2D eigenvalue weighted by molar-refractivity contribution is -0.137. The van der Waals surface area contributed by atoms with Crippen LogP contribution >= 0.6 is 0 Å². The number of alkyl halides is 3. The van der Waals surface area contributed by atoms with Crippen LogP contribution in [0.4, 0.5) is 13.2 Å². The molecule has 0 bridgehead atoms. The van der Waals surface area contributed by atoms with E-state index in [4.69, 9.17) is 11.1 Å². The minimum atomic E-state index is -4.32. The smallest absolute Gasteiger partial charge is 0.386 e. The minimum Gasteiger partial charge on any atom is -0.386 e. The van der Waals surface area contributed by atoms with Crippen molar-refractivity contribution >= 4 is 12.1 Å². The molecule has 1 aromatic carbocycles. The van der Waals surface area contributed by atoms with E-state index in [1.807, 2.05) is 0 Å². The molecule has 0 aliphatic heterocycles. The molecule has 0 aromatic heterocycles. The lowest BCUT2D eigenvalue weighted by atomic mass is 10.1. The zero-order valence-corrected chi connectivity index (χ0v) is 8.25. The largest absolute Gasteiger partial charge is 0.416 e. The van der Waals surface area contributed by atoms with E-state index in [1.54, 1.807) is 0 Å². The van der Waals surface area contributed by atoms with Gasteiger partial charge in [-0.25, -0.2) is 0 Å². The van der Waals surface area contributed by atoms with Crippen molar-refractivity contribution in [3.8, 4) is 0 Å². The van der Waals surface area contributed by atoms with Gasteiger partial charge in [0, 0.05) is 6.21 Å². The van der Waals surface area contributed by atoms with Crippen LogP contribution in [0.5, 0.6) is 0 Å².